The molecule has 0 atom stereocenters. The van der Waals surface area contributed by atoms with Crippen LogP contribution < -0.4 is 113 Å². The molecule has 2 nitrogen and oxygen atoms in total. The van der Waals surface area contributed by atoms with Gasteiger partial charge >= 0.3 is 103 Å². The van der Waals surface area contributed by atoms with E-state index in [0.29, 0.717) is 6.32 Å². The second kappa shape index (κ2) is 19.6. The van der Waals surface area contributed by atoms with Gasteiger partial charge in [0.05, 0.1) is 0 Å². The van der Waals surface area contributed by atoms with Crippen LogP contribution in [0.3, 0.4) is 0 Å². The molecule has 0 unspecified atom stereocenters. The molecular formula is C10H21BK2O2. The fourth-order valence-corrected chi connectivity index (χ4v) is 1.44. The summed E-state index contributed by atoms with van der Waals surface area (Å²) in [5.41, 5.74) is 0. The molecule has 0 saturated carbocycles. The van der Waals surface area contributed by atoms with Crippen LogP contribution in [0.25, 0.3) is 0 Å². The summed E-state index contributed by atoms with van der Waals surface area (Å²) < 4.78 is 0. The Morgan fingerprint density at radius 3 is 1.53 bits per heavy atom. The van der Waals surface area contributed by atoms with Gasteiger partial charge in [-0.05, 0) is 0 Å². The SMILES string of the molecule is CCCCCCCCCCB([O-])[O-].[K+].[K+]. The fourth-order valence-electron chi connectivity index (χ4n) is 1.44. The first-order chi connectivity index (χ1) is 6.27. The quantitative estimate of drug-likeness (QED) is 0.310. The summed E-state index contributed by atoms with van der Waals surface area (Å²) in [4.78, 5) is 0. The van der Waals surface area contributed by atoms with E-state index >= 15 is 0 Å². The maximum atomic E-state index is 10.1. The average Bonchev–Trinajstić information content (AvgIpc) is 2.09. The Hall–Kier alpha value is 3.26. The molecule has 0 saturated heterocycles. The van der Waals surface area contributed by atoms with E-state index in [-0.39, 0.29) is 103 Å². The minimum atomic E-state index is -1.60. The molecular weight excluding hydrogens is 241 g/mol. The molecule has 0 aliphatic heterocycles. The second-order valence-electron chi connectivity index (χ2n) is 3.69. The second-order valence-corrected chi connectivity index (χ2v) is 3.69. The molecule has 0 radical (unpaired) electrons. The van der Waals surface area contributed by atoms with Crippen LogP contribution in [0.4, 0.5) is 0 Å². The van der Waals surface area contributed by atoms with E-state index in [1.807, 2.05) is 0 Å². The third-order valence-corrected chi connectivity index (χ3v) is 2.29. The fraction of sp³-hybridized carbons (Fsp3) is 1.00. The third-order valence-electron chi connectivity index (χ3n) is 2.29. The molecule has 0 heterocycles. The molecule has 78 valence electrons. The van der Waals surface area contributed by atoms with Gasteiger partial charge in [-0.3, -0.25) is 0 Å². The summed E-state index contributed by atoms with van der Waals surface area (Å²) in [7, 11) is -1.60. The summed E-state index contributed by atoms with van der Waals surface area (Å²) in [6.07, 6.45) is 9.93. The van der Waals surface area contributed by atoms with Crippen molar-refractivity contribution in [1.29, 1.82) is 0 Å². The van der Waals surface area contributed by atoms with E-state index in [0.717, 1.165) is 12.8 Å². The van der Waals surface area contributed by atoms with E-state index in [4.69, 9.17) is 0 Å². The Morgan fingerprint density at radius 2 is 1.13 bits per heavy atom. The van der Waals surface area contributed by atoms with Crippen LogP contribution in [0.2, 0.25) is 6.32 Å². The normalized spacial score (nSPS) is 9.00. The van der Waals surface area contributed by atoms with Crippen LogP contribution in [0.1, 0.15) is 58.3 Å². The molecule has 0 bridgehead atoms. The van der Waals surface area contributed by atoms with Crippen molar-refractivity contribution in [2.75, 3.05) is 0 Å². The van der Waals surface area contributed by atoms with E-state index in [2.05, 4.69) is 6.92 Å². The Morgan fingerprint density at radius 1 is 0.733 bits per heavy atom. The Bertz CT molecular complexity index is 105. The topological polar surface area (TPSA) is 46.1 Å². The molecule has 0 rings (SSSR count). The van der Waals surface area contributed by atoms with Crippen LogP contribution in [0.15, 0.2) is 0 Å². The molecule has 0 aromatic carbocycles. The molecule has 5 heteroatoms. The number of unbranched alkanes of at least 4 members (excludes halogenated alkanes) is 7. The van der Waals surface area contributed by atoms with E-state index in [1.165, 1.54) is 38.5 Å². The molecule has 0 amide bonds. The zero-order valence-electron chi connectivity index (χ0n) is 10.8. The first-order valence-corrected chi connectivity index (χ1v) is 5.59. The van der Waals surface area contributed by atoms with Crippen LogP contribution in [0, 0.1) is 0 Å². The van der Waals surface area contributed by atoms with E-state index in [9.17, 15) is 10.0 Å². The molecule has 0 spiro atoms. The van der Waals surface area contributed by atoms with Gasteiger partial charge in [0.2, 0.25) is 0 Å². The number of hydrogen-bond donors (Lipinski definition) is 0. The zero-order chi connectivity index (χ0) is 9.94. The molecule has 0 aromatic heterocycles. The summed E-state index contributed by atoms with van der Waals surface area (Å²) >= 11 is 0. The third kappa shape index (κ3) is 22.9. The van der Waals surface area contributed by atoms with Gasteiger partial charge in [0.1, 0.15) is 0 Å². The Kier molecular flexibility index (Phi) is 30.5. The van der Waals surface area contributed by atoms with E-state index in [1.54, 1.807) is 0 Å². The minimum absolute atomic E-state index is 0. The monoisotopic (exact) mass is 262 g/mol. The summed E-state index contributed by atoms with van der Waals surface area (Å²) in [6, 6.07) is 0. The van der Waals surface area contributed by atoms with Crippen molar-refractivity contribution in [2.24, 2.45) is 0 Å². The molecule has 15 heavy (non-hydrogen) atoms. The van der Waals surface area contributed by atoms with Crippen molar-refractivity contribution in [3.05, 3.63) is 0 Å². The molecule has 0 aromatic rings. The molecule has 0 aliphatic carbocycles. The van der Waals surface area contributed by atoms with Crippen LogP contribution >= 0.6 is 0 Å². The smallest absolute Gasteiger partial charge is 0.893 e. The predicted octanol–water partition coefficient (Wildman–Crippen LogP) is -4.66. The zero-order valence-corrected chi connectivity index (χ0v) is 17.0. The maximum Gasteiger partial charge on any atom is 1.00 e. The summed E-state index contributed by atoms with van der Waals surface area (Å²) in [5, 5.41) is 20.3. The van der Waals surface area contributed by atoms with Gasteiger partial charge in [-0.25, -0.2) is 0 Å². The number of rotatable bonds is 9. The van der Waals surface area contributed by atoms with Gasteiger partial charge in [0.15, 0.2) is 0 Å². The maximum absolute atomic E-state index is 10.1. The summed E-state index contributed by atoms with van der Waals surface area (Å²) in [5.74, 6) is 0. The van der Waals surface area contributed by atoms with E-state index < -0.39 is 7.12 Å². The van der Waals surface area contributed by atoms with Crippen LogP contribution in [-0.2, 0) is 0 Å². The van der Waals surface area contributed by atoms with Gasteiger partial charge < -0.3 is 10.0 Å². The Balaban J connectivity index is -0.000000720. The summed E-state index contributed by atoms with van der Waals surface area (Å²) in [6.45, 7) is 2.21. The molecule has 0 aliphatic rings. The van der Waals surface area contributed by atoms with Gasteiger partial charge in [-0.1, -0.05) is 58.3 Å². The van der Waals surface area contributed by atoms with Gasteiger partial charge in [0.25, 0.3) is 0 Å². The van der Waals surface area contributed by atoms with Crippen molar-refractivity contribution in [1.82, 2.24) is 0 Å². The van der Waals surface area contributed by atoms with Crippen molar-refractivity contribution in [3.8, 4) is 0 Å². The minimum Gasteiger partial charge on any atom is -0.893 e. The van der Waals surface area contributed by atoms with Crippen LogP contribution in [-0.4, -0.2) is 7.12 Å². The van der Waals surface area contributed by atoms with Gasteiger partial charge in [0, 0.05) is 0 Å². The first kappa shape index (κ1) is 23.4. The number of hydrogen-bond acceptors (Lipinski definition) is 2. The van der Waals surface area contributed by atoms with Crippen molar-refractivity contribution < 1.29 is 113 Å². The average molecular weight is 262 g/mol. The van der Waals surface area contributed by atoms with Gasteiger partial charge in [-0.2, -0.15) is 0 Å². The predicted molar refractivity (Wildman–Crippen MR) is 53.2 cm³/mol. The van der Waals surface area contributed by atoms with Crippen molar-refractivity contribution in [2.45, 2.75) is 64.6 Å². The molecule has 0 fully saturated rings. The largest absolute Gasteiger partial charge is 1.00 e. The first-order valence-electron chi connectivity index (χ1n) is 5.59. The molecule has 0 N–H and O–H groups in total. The van der Waals surface area contributed by atoms with Crippen molar-refractivity contribution in [3.63, 3.8) is 0 Å². The standard InChI is InChI=1S/C10H21BO2.2K/c1-2-3-4-5-6-7-8-9-10-11(12)13;;/h2-10H2,1H3;;/q-2;2*+1. The van der Waals surface area contributed by atoms with Crippen LogP contribution in [0.5, 0.6) is 0 Å². The Labute approximate surface area is 180 Å². The van der Waals surface area contributed by atoms with Gasteiger partial charge in [-0.15, -0.1) is 13.4 Å². The van der Waals surface area contributed by atoms with Crippen molar-refractivity contribution >= 4 is 7.12 Å².